The van der Waals surface area contributed by atoms with Gasteiger partial charge in [-0.1, -0.05) is 55.0 Å². The van der Waals surface area contributed by atoms with Gasteiger partial charge in [0.25, 0.3) is 0 Å². The Bertz CT molecular complexity index is 1000. The highest BCUT2D eigenvalue weighted by Gasteiger charge is 2.47. The summed E-state index contributed by atoms with van der Waals surface area (Å²) >= 11 is 0. The molecule has 0 bridgehead atoms. The lowest BCUT2D eigenvalue weighted by molar-refractivity contribution is -0.156. The van der Waals surface area contributed by atoms with E-state index in [1.165, 1.54) is 18.9 Å². The molecule has 1 unspecified atom stereocenters. The van der Waals surface area contributed by atoms with E-state index in [4.69, 9.17) is 4.74 Å². The third-order valence-electron chi connectivity index (χ3n) is 6.94. The van der Waals surface area contributed by atoms with E-state index in [0.717, 1.165) is 28.7 Å². The SMILES string of the molecule is CC(C(=O)O)N(C)C(=O)C1(CNC(=O)OCC2c3ccccc3-c3ccccc32)CCC1. The molecular formula is C25H28N2O5. The molecule has 7 heteroatoms. The Morgan fingerprint density at radius 3 is 2.16 bits per heavy atom. The maximum Gasteiger partial charge on any atom is 0.407 e. The van der Waals surface area contributed by atoms with Crippen molar-refractivity contribution in [2.45, 2.75) is 38.1 Å². The number of benzene rings is 2. The standard InChI is InChI=1S/C25H28N2O5/c1-16(22(28)29)27(2)23(30)25(12-7-13-25)15-26-24(31)32-14-21-19-10-5-3-8-17(19)18-9-4-6-11-20(18)21/h3-6,8-11,16,21H,7,12-15H2,1-2H3,(H,26,31)(H,28,29). The van der Waals surface area contributed by atoms with Crippen LogP contribution in [0.1, 0.15) is 43.2 Å². The zero-order valence-electron chi connectivity index (χ0n) is 18.3. The van der Waals surface area contributed by atoms with Crippen molar-refractivity contribution in [1.82, 2.24) is 10.2 Å². The number of alkyl carbamates (subject to hydrolysis) is 1. The lowest BCUT2D eigenvalue weighted by atomic mass is 9.67. The minimum atomic E-state index is -1.06. The van der Waals surface area contributed by atoms with E-state index >= 15 is 0 Å². The van der Waals surface area contributed by atoms with E-state index in [1.807, 2.05) is 24.3 Å². The zero-order chi connectivity index (χ0) is 22.9. The number of carboxylic acid groups (broad SMARTS) is 1. The van der Waals surface area contributed by atoms with Crippen LogP contribution in [0, 0.1) is 5.41 Å². The summed E-state index contributed by atoms with van der Waals surface area (Å²) in [7, 11) is 1.49. The van der Waals surface area contributed by atoms with Gasteiger partial charge in [-0.25, -0.2) is 9.59 Å². The molecular weight excluding hydrogens is 408 g/mol. The zero-order valence-corrected chi connectivity index (χ0v) is 18.3. The smallest absolute Gasteiger partial charge is 0.407 e. The van der Waals surface area contributed by atoms with Gasteiger partial charge in [0.1, 0.15) is 12.6 Å². The van der Waals surface area contributed by atoms with Gasteiger partial charge in [0.15, 0.2) is 0 Å². The predicted molar refractivity (Wildman–Crippen MR) is 119 cm³/mol. The van der Waals surface area contributed by atoms with Gasteiger partial charge in [0.2, 0.25) is 5.91 Å². The summed E-state index contributed by atoms with van der Waals surface area (Å²) in [5, 5.41) is 12.0. The third kappa shape index (κ3) is 3.83. The molecule has 7 nitrogen and oxygen atoms in total. The van der Waals surface area contributed by atoms with Crippen LogP contribution in [-0.2, 0) is 14.3 Å². The summed E-state index contributed by atoms with van der Waals surface area (Å²) in [6.45, 7) is 1.82. The molecule has 2 aromatic carbocycles. The average molecular weight is 437 g/mol. The summed E-state index contributed by atoms with van der Waals surface area (Å²) in [6, 6.07) is 15.3. The molecule has 4 rings (SSSR count). The molecule has 0 aliphatic heterocycles. The lowest BCUT2D eigenvalue weighted by Crippen LogP contribution is -2.55. The van der Waals surface area contributed by atoms with Gasteiger partial charge >= 0.3 is 12.1 Å². The fourth-order valence-electron chi connectivity index (χ4n) is 4.68. The number of carbonyl (C=O) groups excluding carboxylic acids is 2. The second-order valence-electron chi connectivity index (χ2n) is 8.74. The fraction of sp³-hybridized carbons (Fsp3) is 0.400. The Morgan fingerprint density at radius 1 is 1.09 bits per heavy atom. The number of nitrogens with zero attached hydrogens (tertiary/aromatic N) is 1. The molecule has 2 aromatic rings. The van der Waals surface area contributed by atoms with Crippen molar-refractivity contribution in [3.8, 4) is 11.1 Å². The van der Waals surface area contributed by atoms with E-state index in [9.17, 15) is 19.5 Å². The molecule has 0 aromatic heterocycles. The maximum atomic E-state index is 12.9. The minimum Gasteiger partial charge on any atom is -0.480 e. The van der Waals surface area contributed by atoms with Crippen molar-refractivity contribution in [2.75, 3.05) is 20.2 Å². The number of amides is 2. The van der Waals surface area contributed by atoms with Crippen molar-refractivity contribution in [3.63, 3.8) is 0 Å². The number of hydrogen-bond acceptors (Lipinski definition) is 4. The number of carbonyl (C=O) groups is 3. The van der Waals surface area contributed by atoms with Gasteiger partial charge < -0.3 is 20.1 Å². The molecule has 2 aliphatic carbocycles. The van der Waals surface area contributed by atoms with Crippen LogP contribution in [-0.4, -0.2) is 54.2 Å². The van der Waals surface area contributed by atoms with Crippen LogP contribution in [0.2, 0.25) is 0 Å². The first-order chi connectivity index (χ1) is 15.3. The second kappa shape index (κ2) is 8.65. The fourth-order valence-corrected chi connectivity index (χ4v) is 4.68. The van der Waals surface area contributed by atoms with Crippen LogP contribution in [0.5, 0.6) is 0 Å². The number of ether oxygens (including phenoxy) is 1. The summed E-state index contributed by atoms with van der Waals surface area (Å²) in [5.74, 6) is -1.34. The van der Waals surface area contributed by atoms with Crippen LogP contribution in [0.15, 0.2) is 48.5 Å². The monoisotopic (exact) mass is 436 g/mol. The molecule has 1 fully saturated rings. The predicted octanol–water partition coefficient (Wildman–Crippen LogP) is 3.63. The van der Waals surface area contributed by atoms with E-state index in [2.05, 4.69) is 29.6 Å². The van der Waals surface area contributed by atoms with Crippen molar-refractivity contribution < 1.29 is 24.2 Å². The third-order valence-corrected chi connectivity index (χ3v) is 6.94. The minimum absolute atomic E-state index is 0.0324. The van der Waals surface area contributed by atoms with Crippen LogP contribution in [0.4, 0.5) is 4.79 Å². The Balaban J connectivity index is 1.38. The lowest BCUT2D eigenvalue weighted by Gasteiger charge is -2.43. The largest absolute Gasteiger partial charge is 0.480 e. The van der Waals surface area contributed by atoms with Crippen LogP contribution >= 0.6 is 0 Å². The van der Waals surface area contributed by atoms with Crippen molar-refractivity contribution in [3.05, 3.63) is 59.7 Å². The molecule has 0 spiro atoms. The number of hydrogen-bond donors (Lipinski definition) is 2. The van der Waals surface area contributed by atoms with Gasteiger partial charge in [0.05, 0.1) is 5.41 Å². The first-order valence-electron chi connectivity index (χ1n) is 10.9. The van der Waals surface area contributed by atoms with Gasteiger partial charge in [0, 0.05) is 19.5 Å². The first kappa shape index (κ1) is 21.9. The molecule has 0 heterocycles. The normalized spacial score (nSPS) is 16.8. The van der Waals surface area contributed by atoms with Crippen LogP contribution in [0.3, 0.4) is 0 Å². The van der Waals surface area contributed by atoms with Crippen LogP contribution in [0.25, 0.3) is 11.1 Å². The summed E-state index contributed by atoms with van der Waals surface area (Å²) in [4.78, 5) is 37.9. The summed E-state index contributed by atoms with van der Waals surface area (Å²) in [5.41, 5.74) is 3.83. The summed E-state index contributed by atoms with van der Waals surface area (Å²) in [6.07, 6.45) is 1.53. The van der Waals surface area contributed by atoms with Gasteiger partial charge in [-0.15, -0.1) is 0 Å². The molecule has 2 aliphatic rings. The molecule has 0 radical (unpaired) electrons. The number of rotatable bonds is 7. The molecule has 2 amide bonds. The van der Waals surface area contributed by atoms with Crippen molar-refractivity contribution in [2.24, 2.45) is 5.41 Å². The number of carboxylic acids is 1. The topological polar surface area (TPSA) is 95.9 Å². The second-order valence-corrected chi connectivity index (χ2v) is 8.74. The van der Waals surface area contributed by atoms with Gasteiger partial charge in [-0.05, 0) is 42.0 Å². The first-order valence-corrected chi connectivity index (χ1v) is 10.9. The number of fused-ring (bicyclic) bond motifs is 3. The maximum absolute atomic E-state index is 12.9. The van der Waals surface area contributed by atoms with E-state index in [-0.39, 0.29) is 25.0 Å². The van der Waals surface area contributed by atoms with E-state index in [0.29, 0.717) is 12.8 Å². The van der Waals surface area contributed by atoms with E-state index in [1.54, 1.807) is 0 Å². The Morgan fingerprint density at radius 2 is 1.66 bits per heavy atom. The van der Waals surface area contributed by atoms with Gasteiger partial charge in [-0.2, -0.15) is 0 Å². The molecule has 1 atom stereocenters. The highest BCUT2D eigenvalue weighted by atomic mass is 16.5. The highest BCUT2D eigenvalue weighted by molar-refractivity contribution is 5.88. The quantitative estimate of drug-likeness (QED) is 0.691. The highest BCUT2D eigenvalue weighted by Crippen LogP contribution is 2.45. The van der Waals surface area contributed by atoms with Crippen molar-refractivity contribution >= 4 is 18.0 Å². The molecule has 0 saturated heterocycles. The summed E-state index contributed by atoms with van der Waals surface area (Å²) < 4.78 is 5.56. The van der Waals surface area contributed by atoms with E-state index < -0.39 is 23.5 Å². The number of likely N-dealkylation sites (N-methyl/N-ethyl adjacent to an activating group) is 1. The Kier molecular flexibility index (Phi) is 5.91. The number of nitrogens with one attached hydrogen (secondary N) is 1. The molecule has 168 valence electrons. The molecule has 32 heavy (non-hydrogen) atoms. The van der Waals surface area contributed by atoms with Crippen molar-refractivity contribution in [1.29, 1.82) is 0 Å². The molecule has 2 N–H and O–H groups in total. The molecule has 1 saturated carbocycles. The Hall–Kier alpha value is -3.35. The average Bonchev–Trinajstić information content (AvgIpc) is 3.09. The van der Waals surface area contributed by atoms with Crippen LogP contribution < -0.4 is 5.32 Å². The number of aliphatic carboxylic acids is 1. The Labute approximate surface area is 187 Å². The van der Waals surface area contributed by atoms with Gasteiger partial charge in [-0.3, -0.25) is 4.79 Å².